The average molecular weight is 455 g/mol. The van der Waals surface area contributed by atoms with Crippen molar-refractivity contribution in [2.24, 2.45) is 0 Å². The van der Waals surface area contributed by atoms with E-state index in [-0.39, 0.29) is 22.9 Å². The number of ether oxygens (including phenoxy) is 1. The zero-order valence-electron chi connectivity index (χ0n) is 20.5. The Kier molecular flexibility index (Phi) is 6.05. The second-order valence-electron chi connectivity index (χ2n) is 9.66. The van der Waals surface area contributed by atoms with Gasteiger partial charge in [-0.1, -0.05) is 62.7 Å². The van der Waals surface area contributed by atoms with E-state index in [1.165, 1.54) is 4.90 Å². The molecule has 34 heavy (non-hydrogen) atoms. The zero-order chi connectivity index (χ0) is 24.6. The van der Waals surface area contributed by atoms with Gasteiger partial charge in [0.25, 0.3) is 11.8 Å². The lowest BCUT2D eigenvalue weighted by atomic mass is 9.87. The van der Waals surface area contributed by atoms with Crippen LogP contribution in [0.15, 0.2) is 72.4 Å². The minimum atomic E-state index is -0.376. The molecule has 1 heterocycles. The Morgan fingerprint density at radius 1 is 0.824 bits per heavy atom. The maximum atomic E-state index is 13.7. The highest BCUT2D eigenvalue weighted by atomic mass is 16.5. The van der Waals surface area contributed by atoms with Crippen LogP contribution in [0.4, 0.5) is 11.4 Å². The molecule has 0 saturated carbocycles. The molecule has 4 rings (SSSR count). The van der Waals surface area contributed by atoms with Crippen LogP contribution in [0.1, 0.15) is 43.0 Å². The van der Waals surface area contributed by atoms with Gasteiger partial charge in [-0.2, -0.15) is 0 Å². The Labute approximate surface area is 201 Å². The summed E-state index contributed by atoms with van der Waals surface area (Å²) in [4.78, 5) is 28.6. The van der Waals surface area contributed by atoms with Gasteiger partial charge in [-0.25, -0.2) is 4.90 Å². The van der Waals surface area contributed by atoms with Gasteiger partial charge in [-0.15, -0.1) is 0 Å². The van der Waals surface area contributed by atoms with Crippen LogP contribution in [0.25, 0.3) is 5.57 Å². The summed E-state index contributed by atoms with van der Waals surface area (Å²) in [5.74, 6) is -0.0510. The fraction of sp³-hybridized carbons (Fsp3) is 0.241. The molecule has 0 aromatic heterocycles. The van der Waals surface area contributed by atoms with E-state index < -0.39 is 0 Å². The van der Waals surface area contributed by atoms with Crippen LogP contribution in [-0.4, -0.2) is 18.9 Å². The number of methoxy groups -OCH3 is 1. The number of hydrogen-bond acceptors (Lipinski definition) is 4. The van der Waals surface area contributed by atoms with Crippen LogP contribution >= 0.6 is 0 Å². The minimum Gasteiger partial charge on any atom is -0.497 e. The summed E-state index contributed by atoms with van der Waals surface area (Å²) < 4.78 is 5.26. The lowest BCUT2D eigenvalue weighted by Crippen LogP contribution is -2.32. The molecule has 2 amide bonds. The summed E-state index contributed by atoms with van der Waals surface area (Å²) in [5, 5.41) is 3.27. The molecule has 3 aromatic rings. The smallest absolute Gasteiger partial charge is 0.282 e. The van der Waals surface area contributed by atoms with Gasteiger partial charge in [0.05, 0.1) is 18.4 Å². The summed E-state index contributed by atoms with van der Waals surface area (Å²) in [7, 11) is 1.59. The Morgan fingerprint density at radius 3 is 2.03 bits per heavy atom. The molecule has 5 nitrogen and oxygen atoms in total. The third-order valence-electron chi connectivity index (χ3n) is 6.10. The molecule has 0 spiro atoms. The predicted octanol–water partition coefficient (Wildman–Crippen LogP) is 6.01. The van der Waals surface area contributed by atoms with Crippen molar-refractivity contribution in [2.45, 2.75) is 40.0 Å². The van der Waals surface area contributed by atoms with Crippen molar-refractivity contribution in [3.8, 4) is 5.75 Å². The first-order valence-corrected chi connectivity index (χ1v) is 11.3. The predicted molar refractivity (Wildman–Crippen MR) is 137 cm³/mol. The Bertz CT molecular complexity index is 1280. The molecule has 0 saturated heterocycles. The fourth-order valence-electron chi connectivity index (χ4n) is 4.10. The standard InChI is InChI=1S/C29H30N2O3/c1-18-7-16-24(19(2)17-18)30-26-25(20-8-14-23(34-6)15-9-20)27(32)31(28(26)33)22-12-10-21(11-13-22)29(3,4)5/h7-17,30H,1-6H3. The molecule has 0 unspecified atom stereocenters. The van der Waals surface area contributed by atoms with E-state index in [1.54, 1.807) is 31.4 Å². The maximum Gasteiger partial charge on any atom is 0.282 e. The van der Waals surface area contributed by atoms with Crippen molar-refractivity contribution >= 4 is 28.8 Å². The molecule has 5 heteroatoms. The second kappa shape index (κ2) is 8.82. The van der Waals surface area contributed by atoms with Gasteiger partial charge in [0, 0.05) is 5.69 Å². The molecule has 0 atom stereocenters. The molecular formula is C29H30N2O3. The number of aryl methyl sites for hydroxylation is 2. The molecule has 3 aromatic carbocycles. The van der Waals surface area contributed by atoms with Crippen LogP contribution < -0.4 is 15.0 Å². The number of amides is 2. The fourth-order valence-corrected chi connectivity index (χ4v) is 4.10. The number of rotatable bonds is 5. The lowest BCUT2D eigenvalue weighted by molar-refractivity contribution is -0.120. The molecule has 1 N–H and O–H groups in total. The number of nitrogens with one attached hydrogen (secondary N) is 1. The largest absolute Gasteiger partial charge is 0.497 e. The lowest BCUT2D eigenvalue weighted by Gasteiger charge is -2.21. The van der Waals surface area contributed by atoms with Crippen LogP contribution in [0, 0.1) is 13.8 Å². The monoisotopic (exact) mass is 454 g/mol. The Balaban J connectivity index is 1.79. The summed E-state index contributed by atoms with van der Waals surface area (Å²) in [5.41, 5.74) is 5.82. The summed E-state index contributed by atoms with van der Waals surface area (Å²) in [6.07, 6.45) is 0. The van der Waals surface area contributed by atoms with E-state index in [0.29, 0.717) is 22.6 Å². The number of benzene rings is 3. The molecule has 0 aliphatic carbocycles. The second-order valence-corrected chi connectivity index (χ2v) is 9.66. The van der Waals surface area contributed by atoms with Crippen molar-refractivity contribution in [3.05, 3.63) is 94.7 Å². The van der Waals surface area contributed by atoms with Crippen LogP contribution in [0.5, 0.6) is 5.75 Å². The van der Waals surface area contributed by atoms with Crippen LogP contribution in [0.3, 0.4) is 0 Å². The van der Waals surface area contributed by atoms with Gasteiger partial charge in [0.1, 0.15) is 11.4 Å². The van der Waals surface area contributed by atoms with Gasteiger partial charge in [-0.3, -0.25) is 9.59 Å². The molecule has 174 valence electrons. The number of carbonyl (C=O) groups excluding carboxylic acids is 2. The van der Waals surface area contributed by atoms with Gasteiger partial charge in [0.15, 0.2) is 0 Å². The molecule has 0 fully saturated rings. The topological polar surface area (TPSA) is 58.6 Å². The first-order chi connectivity index (χ1) is 16.1. The van der Waals surface area contributed by atoms with Crippen molar-refractivity contribution < 1.29 is 14.3 Å². The van der Waals surface area contributed by atoms with Crippen molar-refractivity contribution in [2.75, 3.05) is 17.3 Å². The average Bonchev–Trinajstić information content (AvgIpc) is 3.04. The van der Waals surface area contributed by atoms with Crippen LogP contribution in [-0.2, 0) is 15.0 Å². The first-order valence-electron chi connectivity index (χ1n) is 11.3. The molecule has 1 aliphatic rings. The number of imide groups is 1. The molecular weight excluding hydrogens is 424 g/mol. The molecule has 0 radical (unpaired) electrons. The quantitative estimate of drug-likeness (QED) is 0.480. The Hall–Kier alpha value is -3.86. The first kappa shape index (κ1) is 23.3. The van der Waals surface area contributed by atoms with Gasteiger partial charge >= 0.3 is 0 Å². The highest BCUT2D eigenvalue weighted by Crippen LogP contribution is 2.35. The van der Waals surface area contributed by atoms with E-state index >= 15 is 0 Å². The van der Waals surface area contributed by atoms with Crippen molar-refractivity contribution in [1.29, 1.82) is 0 Å². The SMILES string of the molecule is COc1ccc(C2=C(Nc3ccc(C)cc3C)C(=O)N(c3ccc(C(C)(C)C)cc3)C2=O)cc1. The molecule has 1 aliphatic heterocycles. The molecule has 0 bridgehead atoms. The van der Waals surface area contributed by atoms with Crippen molar-refractivity contribution in [3.63, 3.8) is 0 Å². The van der Waals surface area contributed by atoms with Crippen LogP contribution in [0.2, 0.25) is 0 Å². The van der Waals surface area contributed by atoms with E-state index in [2.05, 4.69) is 26.1 Å². The van der Waals surface area contributed by atoms with Crippen molar-refractivity contribution in [1.82, 2.24) is 0 Å². The number of anilines is 2. The summed E-state index contributed by atoms with van der Waals surface area (Å²) >= 11 is 0. The minimum absolute atomic E-state index is 0.0280. The summed E-state index contributed by atoms with van der Waals surface area (Å²) in [6.45, 7) is 10.4. The zero-order valence-corrected chi connectivity index (χ0v) is 20.5. The van der Waals surface area contributed by atoms with E-state index in [0.717, 1.165) is 22.4 Å². The third kappa shape index (κ3) is 4.34. The highest BCUT2D eigenvalue weighted by Gasteiger charge is 2.40. The number of hydrogen-bond donors (Lipinski definition) is 1. The number of nitrogens with zero attached hydrogens (tertiary/aromatic N) is 1. The van der Waals surface area contributed by atoms with Gasteiger partial charge < -0.3 is 10.1 Å². The van der Waals surface area contributed by atoms with Gasteiger partial charge in [0.2, 0.25) is 0 Å². The normalized spacial score (nSPS) is 14.1. The third-order valence-corrected chi connectivity index (χ3v) is 6.10. The maximum absolute atomic E-state index is 13.7. The van der Waals surface area contributed by atoms with E-state index in [9.17, 15) is 9.59 Å². The van der Waals surface area contributed by atoms with E-state index in [1.807, 2.05) is 56.3 Å². The Morgan fingerprint density at radius 2 is 1.47 bits per heavy atom. The summed E-state index contributed by atoms with van der Waals surface area (Å²) in [6, 6.07) is 20.7. The highest BCUT2D eigenvalue weighted by molar-refractivity contribution is 6.46. The van der Waals surface area contributed by atoms with Gasteiger partial charge in [-0.05, 0) is 66.3 Å². The number of carbonyl (C=O) groups is 2. The van der Waals surface area contributed by atoms with E-state index in [4.69, 9.17) is 4.74 Å².